The fraction of sp³-hybridized carbons (Fsp3) is 0.120. The van der Waals surface area contributed by atoms with Crippen LogP contribution in [0.15, 0.2) is 70.7 Å². The highest BCUT2D eigenvalue weighted by molar-refractivity contribution is 9.10. The maximum atomic E-state index is 12.8. The van der Waals surface area contributed by atoms with Crippen LogP contribution in [0.3, 0.4) is 0 Å². The second-order valence-electron chi connectivity index (χ2n) is 6.97. The van der Waals surface area contributed by atoms with Crippen molar-refractivity contribution < 1.29 is 9.53 Å². The van der Waals surface area contributed by atoms with Crippen LogP contribution in [0.1, 0.15) is 22.3 Å². The molecule has 0 aliphatic carbocycles. The summed E-state index contributed by atoms with van der Waals surface area (Å²) in [6.07, 6.45) is 1.53. The van der Waals surface area contributed by atoms with Gasteiger partial charge in [-0.3, -0.25) is 4.79 Å². The van der Waals surface area contributed by atoms with Crippen LogP contribution in [0.5, 0.6) is 5.75 Å². The van der Waals surface area contributed by atoms with Gasteiger partial charge in [0.05, 0.1) is 0 Å². The zero-order chi connectivity index (χ0) is 22.4. The molecule has 0 saturated carbocycles. The molecule has 3 rings (SSSR count). The number of rotatable bonds is 6. The van der Waals surface area contributed by atoms with Crippen LogP contribution in [-0.4, -0.2) is 5.91 Å². The first kappa shape index (κ1) is 22.6. The van der Waals surface area contributed by atoms with E-state index in [0.717, 1.165) is 21.2 Å². The monoisotopic (exact) mass is 494 g/mol. The molecule has 0 bridgehead atoms. The van der Waals surface area contributed by atoms with Crippen molar-refractivity contribution in [3.63, 3.8) is 0 Å². The molecule has 0 unspecified atom stereocenters. The van der Waals surface area contributed by atoms with Crippen LogP contribution in [0.2, 0.25) is 5.02 Å². The summed E-state index contributed by atoms with van der Waals surface area (Å²) in [4.78, 5) is 12.8. The fourth-order valence-corrected chi connectivity index (χ4v) is 3.52. The summed E-state index contributed by atoms with van der Waals surface area (Å²) in [5.74, 6) is 0.0763. The van der Waals surface area contributed by atoms with Gasteiger partial charge in [0, 0.05) is 20.7 Å². The lowest BCUT2D eigenvalue weighted by atomic mass is 10.1. The third kappa shape index (κ3) is 5.97. The number of anilines is 1. The van der Waals surface area contributed by atoms with Gasteiger partial charge in [0.2, 0.25) is 0 Å². The minimum absolute atomic E-state index is 0.0217. The van der Waals surface area contributed by atoms with E-state index in [0.29, 0.717) is 28.6 Å². The summed E-state index contributed by atoms with van der Waals surface area (Å²) in [6.45, 7) is 4.20. The normalized spacial score (nSPS) is 11.0. The Kier molecular flexibility index (Phi) is 7.51. The van der Waals surface area contributed by atoms with Crippen molar-refractivity contribution in [1.82, 2.24) is 0 Å². The average Bonchev–Trinajstić information content (AvgIpc) is 2.74. The van der Waals surface area contributed by atoms with Gasteiger partial charge in [-0.15, -0.1) is 0 Å². The van der Waals surface area contributed by atoms with Gasteiger partial charge in [0.15, 0.2) is 0 Å². The number of hydrogen-bond acceptors (Lipinski definition) is 3. The van der Waals surface area contributed by atoms with Crippen molar-refractivity contribution in [3.05, 3.63) is 98.0 Å². The molecule has 0 fully saturated rings. The van der Waals surface area contributed by atoms with Gasteiger partial charge in [-0.05, 0) is 73.0 Å². The van der Waals surface area contributed by atoms with Crippen molar-refractivity contribution in [2.75, 3.05) is 5.32 Å². The molecule has 31 heavy (non-hydrogen) atoms. The minimum atomic E-state index is -0.475. The number of aryl methyl sites for hydroxylation is 1. The second-order valence-corrected chi connectivity index (χ2v) is 8.32. The first-order valence-corrected chi connectivity index (χ1v) is 10.7. The number of benzene rings is 3. The topological polar surface area (TPSA) is 62.1 Å². The minimum Gasteiger partial charge on any atom is -0.488 e. The molecular weight excluding hydrogens is 476 g/mol. The number of hydrogen-bond donors (Lipinski definition) is 1. The van der Waals surface area contributed by atoms with E-state index in [2.05, 4.69) is 21.2 Å². The van der Waals surface area contributed by atoms with Gasteiger partial charge < -0.3 is 10.1 Å². The van der Waals surface area contributed by atoms with E-state index >= 15 is 0 Å². The van der Waals surface area contributed by atoms with Crippen LogP contribution in [0.25, 0.3) is 6.08 Å². The van der Waals surface area contributed by atoms with E-state index in [9.17, 15) is 10.1 Å². The van der Waals surface area contributed by atoms with Crippen LogP contribution >= 0.6 is 27.5 Å². The predicted octanol–water partition coefficient (Wildman–Crippen LogP) is 6.84. The molecular formula is C25H20BrClN2O2. The third-order valence-electron chi connectivity index (χ3n) is 4.77. The Labute approximate surface area is 195 Å². The van der Waals surface area contributed by atoms with Gasteiger partial charge in [-0.2, -0.15) is 5.26 Å². The highest BCUT2D eigenvalue weighted by atomic mass is 79.9. The summed E-state index contributed by atoms with van der Waals surface area (Å²) in [6, 6.07) is 20.5. The number of nitrogens with zero attached hydrogens (tertiary/aromatic N) is 1. The Morgan fingerprint density at radius 2 is 1.94 bits per heavy atom. The lowest BCUT2D eigenvalue weighted by Crippen LogP contribution is -2.14. The third-order valence-corrected chi connectivity index (χ3v) is 5.50. The van der Waals surface area contributed by atoms with Gasteiger partial charge >= 0.3 is 0 Å². The van der Waals surface area contributed by atoms with E-state index in [4.69, 9.17) is 16.3 Å². The van der Waals surface area contributed by atoms with Crippen molar-refractivity contribution in [2.24, 2.45) is 0 Å². The summed E-state index contributed by atoms with van der Waals surface area (Å²) in [5.41, 5.74) is 4.21. The molecule has 0 saturated heterocycles. The number of amides is 1. The van der Waals surface area contributed by atoms with Crippen LogP contribution in [0, 0.1) is 25.2 Å². The molecule has 0 atom stereocenters. The SMILES string of the molecule is Cc1cccc(NC(=O)/C(C#N)=C/c2cc(Br)ccc2OCc2cccc(Cl)c2)c1C. The zero-order valence-corrected chi connectivity index (χ0v) is 19.4. The molecule has 0 heterocycles. The number of carbonyl (C=O) groups excluding carboxylic acids is 1. The molecule has 0 radical (unpaired) electrons. The zero-order valence-electron chi connectivity index (χ0n) is 17.1. The van der Waals surface area contributed by atoms with Gasteiger partial charge in [0.1, 0.15) is 24.0 Å². The Morgan fingerprint density at radius 1 is 1.16 bits per heavy atom. The summed E-state index contributed by atoms with van der Waals surface area (Å²) in [7, 11) is 0. The molecule has 0 aliphatic heterocycles. The average molecular weight is 496 g/mol. The van der Waals surface area contributed by atoms with E-state index in [1.807, 2.05) is 62.4 Å². The van der Waals surface area contributed by atoms with Crippen LogP contribution < -0.4 is 10.1 Å². The molecule has 0 spiro atoms. The van der Waals surface area contributed by atoms with Crippen molar-refractivity contribution in [3.8, 4) is 11.8 Å². The number of nitriles is 1. The van der Waals surface area contributed by atoms with Crippen molar-refractivity contribution in [1.29, 1.82) is 5.26 Å². The molecule has 3 aromatic rings. The maximum Gasteiger partial charge on any atom is 0.266 e. The summed E-state index contributed by atoms with van der Waals surface area (Å²) in [5, 5.41) is 13.1. The molecule has 0 aromatic heterocycles. The maximum absolute atomic E-state index is 12.8. The quantitative estimate of drug-likeness (QED) is 0.301. The highest BCUT2D eigenvalue weighted by Gasteiger charge is 2.13. The van der Waals surface area contributed by atoms with Gasteiger partial charge in [0.25, 0.3) is 5.91 Å². The molecule has 4 nitrogen and oxygen atoms in total. The smallest absolute Gasteiger partial charge is 0.266 e. The molecule has 6 heteroatoms. The molecule has 3 aromatic carbocycles. The number of ether oxygens (including phenoxy) is 1. The number of halogens is 2. The summed E-state index contributed by atoms with van der Waals surface area (Å²) >= 11 is 9.47. The molecule has 1 N–H and O–H groups in total. The molecule has 156 valence electrons. The lowest BCUT2D eigenvalue weighted by Gasteiger charge is -2.12. The second kappa shape index (κ2) is 10.3. The van der Waals surface area contributed by atoms with E-state index in [1.165, 1.54) is 6.08 Å². The van der Waals surface area contributed by atoms with E-state index in [1.54, 1.807) is 18.2 Å². The van der Waals surface area contributed by atoms with Gasteiger partial charge in [-0.25, -0.2) is 0 Å². The van der Waals surface area contributed by atoms with Crippen LogP contribution in [0.4, 0.5) is 5.69 Å². The largest absolute Gasteiger partial charge is 0.488 e. The standard InChI is InChI=1S/C25H20BrClN2O2/c1-16-5-3-8-23(17(16)2)29-25(30)20(14-28)12-19-13-21(26)9-10-24(19)31-15-18-6-4-7-22(27)11-18/h3-13H,15H2,1-2H3,(H,29,30)/b20-12+. The van der Waals surface area contributed by atoms with Crippen molar-refractivity contribution in [2.45, 2.75) is 20.5 Å². The Balaban J connectivity index is 1.85. The van der Waals surface area contributed by atoms with E-state index in [-0.39, 0.29) is 5.57 Å². The Hall–Kier alpha value is -3.07. The lowest BCUT2D eigenvalue weighted by molar-refractivity contribution is -0.112. The predicted molar refractivity (Wildman–Crippen MR) is 128 cm³/mol. The highest BCUT2D eigenvalue weighted by Crippen LogP contribution is 2.27. The Morgan fingerprint density at radius 3 is 2.68 bits per heavy atom. The molecule has 1 amide bonds. The Bertz CT molecular complexity index is 1200. The van der Waals surface area contributed by atoms with Gasteiger partial charge in [-0.1, -0.05) is 51.8 Å². The first-order valence-electron chi connectivity index (χ1n) is 9.53. The van der Waals surface area contributed by atoms with Crippen LogP contribution in [-0.2, 0) is 11.4 Å². The molecule has 0 aliphatic rings. The summed E-state index contributed by atoms with van der Waals surface area (Å²) < 4.78 is 6.75. The first-order chi connectivity index (χ1) is 14.9. The van der Waals surface area contributed by atoms with Crippen molar-refractivity contribution >= 4 is 45.2 Å². The van der Waals surface area contributed by atoms with E-state index < -0.39 is 5.91 Å². The number of carbonyl (C=O) groups is 1. The fourth-order valence-electron chi connectivity index (χ4n) is 2.93. The number of nitrogens with one attached hydrogen (secondary N) is 1.